The van der Waals surface area contributed by atoms with Crippen molar-refractivity contribution in [3.63, 3.8) is 0 Å². The number of alkyl halides is 3. The number of rotatable bonds is 0. The maximum absolute atomic E-state index is 6.29. The Morgan fingerprint density at radius 1 is 1.21 bits per heavy atom. The van der Waals surface area contributed by atoms with Crippen LogP contribution in [0, 0.1) is 35.5 Å². The van der Waals surface area contributed by atoms with Gasteiger partial charge >= 0.3 is 0 Å². The summed E-state index contributed by atoms with van der Waals surface area (Å²) < 4.78 is -0.369. The SMILES string of the molecule is ClC1(Cl)[C@@H]2[C@H]3[C@H]4C=C[C@@H]([C@H]4Br)[C@H]3C[C@H]21. The van der Waals surface area contributed by atoms with Gasteiger partial charge in [0.1, 0.15) is 4.33 Å². The molecular weight excluding hydrogens is 283 g/mol. The van der Waals surface area contributed by atoms with E-state index in [4.69, 9.17) is 23.2 Å². The van der Waals surface area contributed by atoms with Gasteiger partial charge in [-0.2, -0.15) is 0 Å². The standard InChI is InChI=1S/C11H11BrCl2/c12-10-4-1-2-5(10)8-6(4)3-7-9(8)11(7,13)14/h1-2,4-10H,3H2/t4-,5-,6-,7-,8+,9+,10-/m1/s1. The van der Waals surface area contributed by atoms with Gasteiger partial charge in [-0.05, 0) is 36.0 Å². The average Bonchev–Trinajstić information content (AvgIpc) is 2.59. The molecule has 76 valence electrons. The van der Waals surface area contributed by atoms with Crippen LogP contribution in [0.25, 0.3) is 0 Å². The van der Waals surface area contributed by atoms with Crippen LogP contribution >= 0.6 is 39.1 Å². The monoisotopic (exact) mass is 292 g/mol. The van der Waals surface area contributed by atoms with Crippen LogP contribution in [-0.4, -0.2) is 9.16 Å². The Hall–Kier alpha value is 0.800. The van der Waals surface area contributed by atoms with Gasteiger partial charge in [0.15, 0.2) is 0 Å². The highest BCUT2D eigenvalue weighted by atomic mass is 79.9. The largest absolute Gasteiger partial charge is 0.125 e. The van der Waals surface area contributed by atoms with E-state index in [0.717, 1.165) is 17.8 Å². The molecule has 0 spiro atoms. The van der Waals surface area contributed by atoms with E-state index in [-0.39, 0.29) is 4.33 Å². The Labute approximate surface area is 102 Å². The molecule has 2 bridgehead atoms. The number of hydrogen-bond donors (Lipinski definition) is 0. The lowest BCUT2D eigenvalue weighted by Crippen LogP contribution is -2.21. The molecule has 0 amide bonds. The van der Waals surface area contributed by atoms with Gasteiger partial charge in [0, 0.05) is 10.7 Å². The maximum Gasteiger partial charge on any atom is 0.125 e. The number of hydrogen-bond acceptors (Lipinski definition) is 0. The van der Waals surface area contributed by atoms with Gasteiger partial charge < -0.3 is 0 Å². The van der Waals surface area contributed by atoms with E-state index >= 15 is 0 Å². The second-order valence-electron chi connectivity index (χ2n) is 5.27. The second kappa shape index (κ2) is 2.38. The third kappa shape index (κ3) is 0.780. The minimum Gasteiger partial charge on any atom is -0.101 e. The van der Waals surface area contributed by atoms with Crippen LogP contribution in [0.5, 0.6) is 0 Å². The molecule has 3 heteroatoms. The molecule has 0 aromatic carbocycles. The van der Waals surface area contributed by atoms with E-state index in [9.17, 15) is 0 Å². The quantitative estimate of drug-likeness (QED) is 0.473. The van der Waals surface area contributed by atoms with E-state index in [1.807, 2.05) is 0 Å². The summed E-state index contributed by atoms with van der Waals surface area (Å²) in [6, 6.07) is 0. The zero-order valence-electron chi connectivity index (χ0n) is 7.54. The van der Waals surface area contributed by atoms with Crippen LogP contribution in [0.4, 0.5) is 0 Å². The Kier molecular flexibility index (Phi) is 1.51. The molecule has 0 aromatic rings. The zero-order chi connectivity index (χ0) is 9.66. The van der Waals surface area contributed by atoms with Crippen LogP contribution in [0.1, 0.15) is 6.42 Å². The van der Waals surface area contributed by atoms with Gasteiger partial charge in [-0.15, -0.1) is 23.2 Å². The van der Waals surface area contributed by atoms with Crippen LogP contribution in [-0.2, 0) is 0 Å². The Morgan fingerprint density at radius 3 is 2.71 bits per heavy atom. The van der Waals surface area contributed by atoms with Gasteiger partial charge in [-0.1, -0.05) is 28.1 Å². The lowest BCUT2D eigenvalue weighted by atomic mass is 9.82. The molecule has 0 saturated heterocycles. The molecule has 4 aliphatic rings. The van der Waals surface area contributed by atoms with Gasteiger partial charge in [0.25, 0.3) is 0 Å². The molecular formula is C11H11BrCl2. The predicted octanol–water partition coefficient (Wildman–Crippen LogP) is 3.62. The van der Waals surface area contributed by atoms with Crippen molar-refractivity contribution < 1.29 is 0 Å². The highest BCUT2D eigenvalue weighted by Crippen LogP contribution is 2.77. The normalized spacial score (nSPS) is 65.5. The molecule has 3 fully saturated rings. The molecule has 7 atom stereocenters. The molecule has 14 heavy (non-hydrogen) atoms. The maximum atomic E-state index is 6.29. The van der Waals surface area contributed by atoms with E-state index < -0.39 is 0 Å². The van der Waals surface area contributed by atoms with Gasteiger partial charge in [0.05, 0.1) is 0 Å². The summed E-state index contributed by atoms with van der Waals surface area (Å²) in [6.07, 6.45) is 6.05. The highest BCUT2D eigenvalue weighted by Gasteiger charge is 2.75. The number of allylic oxidation sites excluding steroid dienone is 2. The van der Waals surface area contributed by atoms with E-state index in [0.29, 0.717) is 22.6 Å². The molecule has 0 N–H and O–H groups in total. The molecule has 4 rings (SSSR count). The van der Waals surface area contributed by atoms with Gasteiger partial charge in [-0.25, -0.2) is 0 Å². The molecule has 0 unspecified atom stereocenters. The Morgan fingerprint density at radius 2 is 1.93 bits per heavy atom. The average molecular weight is 294 g/mol. The molecule has 0 nitrogen and oxygen atoms in total. The smallest absolute Gasteiger partial charge is 0.101 e. The summed E-state index contributed by atoms with van der Waals surface area (Å²) >= 11 is 16.4. The summed E-state index contributed by atoms with van der Waals surface area (Å²) in [5.74, 6) is 4.31. The first-order chi connectivity index (χ1) is 6.62. The molecule has 0 heterocycles. The van der Waals surface area contributed by atoms with Crippen molar-refractivity contribution in [3.8, 4) is 0 Å². The van der Waals surface area contributed by atoms with Crippen molar-refractivity contribution in [1.29, 1.82) is 0 Å². The van der Waals surface area contributed by atoms with E-state index in [2.05, 4.69) is 28.1 Å². The van der Waals surface area contributed by atoms with Crippen LogP contribution < -0.4 is 0 Å². The number of fused-ring (bicyclic) bond motifs is 7. The third-order valence-electron chi connectivity index (χ3n) is 4.93. The van der Waals surface area contributed by atoms with Gasteiger partial charge in [0.2, 0.25) is 0 Å². The molecule has 0 radical (unpaired) electrons. The summed E-state index contributed by atoms with van der Waals surface area (Å²) in [5, 5.41) is 0. The minimum atomic E-state index is -0.369. The topological polar surface area (TPSA) is 0 Å². The summed E-state index contributed by atoms with van der Waals surface area (Å²) in [4.78, 5) is 0.670. The fourth-order valence-corrected chi connectivity index (χ4v) is 6.36. The van der Waals surface area contributed by atoms with Crippen molar-refractivity contribution in [2.24, 2.45) is 35.5 Å². The predicted molar refractivity (Wildman–Crippen MR) is 61.8 cm³/mol. The third-order valence-corrected chi connectivity index (χ3v) is 7.21. The fourth-order valence-electron chi connectivity index (χ4n) is 4.35. The van der Waals surface area contributed by atoms with Crippen LogP contribution in [0.15, 0.2) is 12.2 Å². The summed E-state index contributed by atoms with van der Waals surface area (Å²) in [5.41, 5.74) is 0. The number of halogens is 3. The highest BCUT2D eigenvalue weighted by molar-refractivity contribution is 9.09. The molecule has 4 aliphatic carbocycles. The fraction of sp³-hybridized carbons (Fsp3) is 0.818. The van der Waals surface area contributed by atoms with Crippen LogP contribution in [0.2, 0.25) is 0 Å². The van der Waals surface area contributed by atoms with Crippen molar-refractivity contribution >= 4 is 39.1 Å². The molecule has 0 aromatic heterocycles. The van der Waals surface area contributed by atoms with Gasteiger partial charge in [-0.3, -0.25) is 0 Å². The van der Waals surface area contributed by atoms with E-state index in [1.54, 1.807) is 0 Å². The summed E-state index contributed by atoms with van der Waals surface area (Å²) in [7, 11) is 0. The lowest BCUT2D eigenvalue weighted by Gasteiger charge is -2.25. The zero-order valence-corrected chi connectivity index (χ0v) is 10.6. The molecule has 0 aliphatic heterocycles. The van der Waals surface area contributed by atoms with E-state index in [1.165, 1.54) is 6.42 Å². The lowest BCUT2D eigenvalue weighted by molar-refractivity contribution is 0.310. The molecule has 3 saturated carbocycles. The second-order valence-corrected chi connectivity index (χ2v) is 7.77. The van der Waals surface area contributed by atoms with Crippen molar-refractivity contribution in [1.82, 2.24) is 0 Å². The van der Waals surface area contributed by atoms with Crippen molar-refractivity contribution in [2.75, 3.05) is 0 Å². The summed E-state index contributed by atoms with van der Waals surface area (Å²) in [6.45, 7) is 0. The van der Waals surface area contributed by atoms with Crippen molar-refractivity contribution in [3.05, 3.63) is 12.2 Å². The van der Waals surface area contributed by atoms with Crippen molar-refractivity contribution in [2.45, 2.75) is 15.6 Å². The minimum absolute atomic E-state index is 0.369. The first kappa shape index (κ1) is 8.90. The Bertz CT molecular complexity index is 338. The Balaban J connectivity index is 1.74. The first-order valence-electron chi connectivity index (χ1n) is 5.32. The first-order valence-corrected chi connectivity index (χ1v) is 6.99. The van der Waals surface area contributed by atoms with Crippen LogP contribution in [0.3, 0.4) is 0 Å².